The minimum absolute atomic E-state index is 0.367. The molecule has 0 aliphatic heterocycles. The van der Waals surface area contributed by atoms with Gasteiger partial charge >= 0.3 is 5.97 Å². The molecule has 0 rings (SSSR count). The van der Waals surface area contributed by atoms with E-state index < -0.39 is 18.2 Å². The molecule has 0 unspecified atom stereocenters. The van der Waals surface area contributed by atoms with Crippen LogP contribution in [0.5, 0.6) is 0 Å². The first kappa shape index (κ1) is 23.4. The normalized spacial score (nSPS) is 13.8. The number of aliphatic hydroxyl groups excluding tert-OH is 2. The molecule has 0 aromatic carbocycles. The second-order valence-electron chi connectivity index (χ2n) is 7.09. The van der Waals surface area contributed by atoms with Crippen molar-refractivity contribution in [2.24, 2.45) is 0 Å². The minimum atomic E-state index is -1.64. The van der Waals surface area contributed by atoms with Crippen molar-refractivity contribution < 1.29 is 20.1 Å². The molecule has 0 aliphatic rings. The molecule has 24 heavy (non-hydrogen) atoms. The van der Waals surface area contributed by atoms with Gasteiger partial charge in [-0.1, -0.05) is 103 Å². The van der Waals surface area contributed by atoms with Crippen LogP contribution in [0, 0.1) is 0 Å². The SMILES string of the molecule is CCCCCCCCCCCCCCCCC[C@H](O)[C@@H](O)C(=O)O. The zero-order chi connectivity index (χ0) is 18.0. The van der Waals surface area contributed by atoms with E-state index in [1.165, 1.54) is 77.0 Å². The van der Waals surface area contributed by atoms with Gasteiger partial charge in [-0.05, 0) is 6.42 Å². The molecule has 0 fully saturated rings. The van der Waals surface area contributed by atoms with E-state index >= 15 is 0 Å². The number of carboxylic acid groups (broad SMARTS) is 1. The molecule has 4 nitrogen and oxygen atoms in total. The number of hydrogen-bond donors (Lipinski definition) is 3. The summed E-state index contributed by atoms with van der Waals surface area (Å²) < 4.78 is 0. The number of aliphatic hydroxyl groups is 2. The second-order valence-corrected chi connectivity index (χ2v) is 7.09. The molecule has 4 heteroatoms. The largest absolute Gasteiger partial charge is 0.479 e. The summed E-state index contributed by atoms with van der Waals surface area (Å²) in [5.41, 5.74) is 0. The van der Waals surface area contributed by atoms with Gasteiger partial charge in [-0.2, -0.15) is 0 Å². The third-order valence-electron chi connectivity index (χ3n) is 4.72. The van der Waals surface area contributed by atoms with Gasteiger partial charge in [0.2, 0.25) is 0 Å². The van der Waals surface area contributed by atoms with E-state index in [0.717, 1.165) is 19.3 Å². The average molecular weight is 345 g/mol. The summed E-state index contributed by atoms with van der Waals surface area (Å²) in [5.74, 6) is -1.34. The molecule has 2 atom stereocenters. The molecule has 0 heterocycles. The quantitative estimate of drug-likeness (QED) is 0.304. The van der Waals surface area contributed by atoms with Crippen LogP contribution >= 0.6 is 0 Å². The fourth-order valence-electron chi connectivity index (χ4n) is 3.05. The predicted molar refractivity (Wildman–Crippen MR) is 99.2 cm³/mol. The summed E-state index contributed by atoms with van der Waals surface area (Å²) >= 11 is 0. The van der Waals surface area contributed by atoms with Crippen molar-refractivity contribution >= 4 is 5.97 Å². The Hall–Kier alpha value is -0.610. The standard InChI is InChI=1S/C20H40O4/c1-2-3-4-5-6-7-8-9-10-11-12-13-14-15-16-17-18(21)19(22)20(23)24/h18-19,21-22H,2-17H2,1H3,(H,23,24)/t18-,19+/m0/s1. The number of aliphatic carboxylic acids is 1. The summed E-state index contributed by atoms with van der Waals surface area (Å²) in [6.07, 6.45) is 16.7. The lowest BCUT2D eigenvalue weighted by molar-refractivity contribution is -0.153. The van der Waals surface area contributed by atoms with Crippen molar-refractivity contribution in [3.63, 3.8) is 0 Å². The molecule has 0 aromatic heterocycles. The molecular formula is C20H40O4. The van der Waals surface area contributed by atoms with Crippen molar-refractivity contribution in [3.8, 4) is 0 Å². The average Bonchev–Trinajstić information content (AvgIpc) is 2.57. The van der Waals surface area contributed by atoms with Gasteiger partial charge in [-0.25, -0.2) is 4.79 Å². The predicted octanol–water partition coefficient (Wildman–Crippen LogP) is 5.05. The van der Waals surface area contributed by atoms with E-state index in [1.807, 2.05) is 0 Å². The highest BCUT2D eigenvalue weighted by atomic mass is 16.4. The smallest absolute Gasteiger partial charge is 0.335 e. The van der Waals surface area contributed by atoms with Crippen LogP contribution in [-0.4, -0.2) is 33.5 Å². The zero-order valence-electron chi connectivity index (χ0n) is 15.7. The van der Waals surface area contributed by atoms with Gasteiger partial charge in [0.25, 0.3) is 0 Å². The Morgan fingerprint density at radius 3 is 1.33 bits per heavy atom. The Balaban J connectivity index is 3.16. The van der Waals surface area contributed by atoms with Crippen molar-refractivity contribution in [1.82, 2.24) is 0 Å². The third-order valence-corrected chi connectivity index (χ3v) is 4.72. The zero-order valence-corrected chi connectivity index (χ0v) is 15.7. The molecule has 0 aromatic rings. The van der Waals surface area contributed by atoms with Crippen LogP contribution in [-0.2, 0) is 4.79 Å². The first-order chi connectivity index (χ1) is 11.6. The first-order valence-electron chi connectivity index (χ1n) is 10.2. The molecule has 3 N–H and O–H groups in total. The molecular weight excluding hydrogens is 304 g/mol. The Kier molecular flexibility index (Phi) is 16.8. The summed E-state index contributed by atoms with van der Waals surface area (Å²) in [6, 6.07) is 0. The molecule has 0 spiro atoms. The molecule has 0 saturated carbocycles. The molecule has 0 saturated heterocycles. The lowest BCUT2D eigenvalue weighted by atomic mass is 10.0. The lowest BCUT2D eigenvalue weighted by Crippen LogP contribution is -2.33. The molecule has 0 radical (unpaired) electrons. The van der Waals surface area contributed by atoms with Gasteiger partial charge in [-0.3, -0.25) is 0 Å². The number of carbonyl (C=O) groups is 1. The van der Waals surface area contributed by atoms with Crippen LogP contribution in [0.3, 0.4) is 0 Å². The summed E-state index contributed by atoms with van der Waals surface area (Å²) in [7, 11) is 0. The van der Waals surface area contributed by atoms with Crippen molar-refractivity contribution in [2.45, 2.75) is 122 Å². The number of hydrogen-bond acceptors (Lipinski definition) is 3. The van der Waals surface area contributed by atoms with Crippen LogP contribution in [0.2, 0.25) is 0 Å². The van der Waals surface area contributed by atoms with Gasteiger partial charge in [0.15, 0.2) is 6.10 Å². The Labute approximate surface area is 148 Å². The number of carboxylic acids is 1. The van der Waals surface area contributed by atoms with E-state index in [-0.39, 0.29) is 0 Å². The highest BCUT2D eigenvalue weighted by Gasteiger charge is 2.22. The molecule has 0 amide bonds. The number of rotatable bonds is 18. The van der Waals surface area contributed by atoms with Crippen LogP contribution < -0.4 is 0 Å². The van der Waals surface area contributed by atoms with E-state index in [4.69, 9.17) is 10.2 Å². The van der Waals surface area contributed by atoms with Crippen molar-refractivity contribution in [2.75, 3.05) is 0 Å². The van der Waals surface area contributed by atoms with Gasteiger partial charge in [0, 0.05) is 0 Å². The maximum Gasteiger partial charge on any atom is 0.335 e. The Morgan fingerprint density at radius 1 is 0.667 bits per heavy atom. The van der Waals surface area contributed by atoms with Crippen LogP contribution in [0.15, 0.2) is 0 Å². The maximum atomic E-state index is 10.5. The fraction of sp³-hybridized carbons (Fsp3) is 0.950. The van der Waals surface area contributed by atoms with Crippen LogP contribution in [0.25, 0.3) is 0 Å². The van der Waals surface area contributed by atoms with E-state index in [0.29, 0.717) is 6.42 Å². The summed E-state index contributed by atoms with van der Waals surface area (Å²) in [6.45, 7) is 2.26. The van der Waals surface area contributed by atoms with E-state index in [1.54, 1.807) is 0 Å². The molecule has 0 bridgehead atoms. The van der Waals surface area contributed by atoms with Crippen molar-refractivity contribution in [1.29, 1.82) is 0 Å². The second kappa shape index (κ2) is 17.2. The fourth-order valence-corrected chi connectivity index (χ4v) is 3.05. The van der Waals surface area contributed by atoms with Gasteiger partial charge < -0.3 is 15.3 Å². The Morgan fingerprint density at radius 2 is 1.00 bits per heavy atom. The van der Waals surface area contributed by atoms with Crippen LogP contribution in [0.4, 0.5) is 0 Å². The lowest BCUT2D eigenvalue weighted by Gasteiger charge is -2.13. The maximum absolute atomic E-state index is 10.5. The summed E-state index contributed by atoms with van der Waals surface area (Å²) in [4.78, 5) is 10.5. The minimum Gasteiger partial charge on any atom is -0.479 e. The van der Waals surface area contributed by atoms with Crippen molar-refractivity contribution in [3.05, 3.63) is 0 Å². The van der Waals surface area contributed by atoms with Gasteiger partial charge in [0.1, 0.15) is 0 Å². The van der Waals surface area contributed by atoms with E-state index in [2.05, 4.69) is 6.92 Å². The van der Waals surface area contributed by atoms with Gasteiger partial charge in [-0.15, -0.1) is 0 Å². The highest BCUT2D eigenvalue weighted by molar-refractivity contribution is 5.72. The number of unbranched alkanes of at least 4 members (excludes halogenated alkanes) is 14. The topological polar surface area (TPSA) is 77.8 Å². The summed E-state index contributed by atoms with van der Waals surface area (Å²) in [5, 5.41) is 27.2. The molecule has 144 valence electrons. The van der Waals surface area contributed by atoms with E-state index in [9.17, 15) is 9.90 Å². The monoisotopic (exact) mass is 344 g/mol. The highest BCUT2D eigenvalue weighted by Crippen LogP contribution is 2.14. The third kappa shape index (κ3) is 14.9. The van der Waals surface area contributed by atoms with Crippen LogP contribution in [0.1, 0.15) is 110 Å². The first-order valence-corrected chi connectivity index (χ1v) is 10.2. The van der Waals surface area contributed by atoms with Gasteiger partial charge in [0.05, 0.1) is 6.10 Å². The Bertz CT molecular complexity index is 281. The molecule has 0 aliphatic carbocycles.